The summed E-state index contributed by atoms with van der Waals surface area (Å²) in [6, 6.07) is 11.2. The Morgan fingerprint density at radius 1 is 1.04 bits per heavy atom. The molecule has 0 bridgehead atoms. The topological polar surface area (TPSA) is 105 Å². The SMILES string of the molecule is COc1ccc(N(Cc2cnccc2C)C2CCN([C@H](C)CCc3c(C(=O)N4CCCC4)nc(C)c(C(N)=O)c3C)CC2)cc1. The molecule has 2 saturated heterocycles. The maximum absolute atomic E-state index is 13.5. The van der Waals surface area contributed by atoms with Crippen LogP contribution in [-0.4, -0.2) is 77.0 Å². The minimum atomic E-state index is -0.489. The number of methoxy groups -OCH3 is 1. The molecule has 9 heteroatoms. The molecule has 2 amide bonds. The highest BCUT2D eigenvalue weighted by atomic mass is 16.5. The van der Waals surface area contributed by atoms with Gasteiger partial charge in [-0.05, 0) is 119 Å². The molecular weight excluding hydrogens is 564 g/mol. The molecule has 9 nitrogen and oxygen atoms in total. The number of carbonyl (C=O) groups is 2. The van der Waals surface area contributed by atoms with Crippen LogP contribution in [0.2, 0.25) is 0 Å². The third-order valence-electron chi connectivity index (χ3n) is 9.86. The summed E-state index contributed by atoms with van der Waals surface area (Å²) < 4.78 is 5.42. The van der Waals surface area contributed by atoms with E-state index in [0.29, 0.717) is 35.5 Å². The van der Waals surface area contributed by atoms with Crippen LogP contribution in [0.15, 0.2) is 42.7 Å². The fourth-order valence-electron chi connectivity index (χ4n) is 7.03. The summed E-state index contributed by atoms with van der Waals surface area (Å²) in [6.07, 6.45) is 9.50. The van der Waals surface area contributed by atoms with Gasteiger partial charge in [-0.25, -0.2) is 4.98 Å². The van der Waals surface area contributed by atoms with Gasteiger partial charge in [0.2, 0.25) is 0 Å². The summed E-state index contributed by atoms with van der Waals surface area (Å²) >= 11 is 0. The predicted octanol–water partition coefficient (Wildman–Crippen LogP) is 5.24. The van der Waals surface area contributed by atoms with Crippen LogP contribution in [-0.2, 0) is 13.0 Å². The number of ether oxygens (including phenoxy) is 1. The van der Waals surface area contributed by atoms with E-state index in [1.165, 1.54) is 16.8 Å². The molecule has 0 aliphatic carbocycles. The van der Waals surface area contributed by atoms with Gasteiger partial charge in [-0.2, -0.15) is 0 Å². The number of hydrogen-bond acceptors (Lipinski definition) is 7. The first-order chi connectivity index (χ1) is 21.7. The molecule has 1 aromatic carbocycles. The number of likely N-dealkylation sites (tertiary alicyclic amines) is 2. The van der Waals surface area contributed by atoms with Crippen LogP contribution in [0.5, 0.6) is 5.75 Å². The summed E-state index contributed by atoms with van der Waals surface area (Å²) in [5.41, 5.74) is 12.6. The van der Waals surface area contributed by atoms with Gasteiger partial charge < -0.3 is 25.2 Å². The van der Waals surface area contributed by atoms with Gasteiger partial charge in [-0.1, -0.05) is 0 Å². The summed E-state index contributed by atoms with van der Waals surface area (Å²) in [5.74, 6) is 0.338. The zero-order valence-electron chi connectivity index (χ0n) is 27.5. The van der Waals surface area contributed by atoms with Gasteiger partial charge in [0.1, 0.15) is 11.4 Å². The Kier molecular flexibility index (Phi) is 10.4. The van der Waals surface area contributed by atoms with E-state index < -0.39 is 5.91 Å². The van der Waals surface area contributed by atoms with Crippen molar-refractivity contribution in [1.82, 2.24) is 19.8 Å². The Hall–Kier alpha value is -3.98. The summed E-state index contributed by atoms with van der Waals surface area (Å²) in [4.78, 5) is 41.9. The lowest BCUT2D eigenvalue weighted by atomic mass is 9.93. The maximum atomic E-state index is 13.5. The third-order valence-corrected chi connectivity index (χ3v) is 9.86. The van der Waals surface area contributed by atoms with Crippen molar-refractivity contribution in [2.24, 2.45) is 5.73 Å². The average molecular weight is 613 g/mol. The van der Waals surface area contributed by atoms with Gasteiger partial charge >= 0.3 is 0 Å². The fourth-order valence-corrected chi connectivity index (χ4v) is 7.03. The summed E-state index contributed by atoms with van der Waals surface area (Å²) in [5, 5.41) is 0. The number of primary amides is 1. The van der Waals surface area contributed by atoms with E-state index in [2.05, 4.69) is 51.8 Å². The minimum Gasteiger partial charge on any atom is -0.497 e. The molecule has 2 aliphatic rings. The van der Waals surface area contributed by atoms with Crippen molar-refractivity contribution in [3.8, 4) is 5.75 Å². The van der Waals surface area contributed by atoms with Crippen molar-refractivity contribution in [3.63, 3.8) is 0 Å². The van der Waals surface area contributed by atoms with Crippen molar-refractivity contribution in [1.29, 1.82) is 0 Å². The second-order valence-corrected chi connectivity index (χ2v) is 12.7. The van der Waals surface area contributed by atoms with E-state index in [-0.39, 0.29) is 5.91 Å². The molecule has 2 fully saturated rings. The highest BCUT2D eigenvalue weighted by Crippen LogP contribution is 2.30. The lowest BCUT2D eigenvalue weighted by molar-refractivity contribution is 0.0784. The molecule has 0 radical (unpaired) electrons. The second-order valence-electron chi connectivity index (χ2n) is 12.7. The number of piperidine rings is 1. The molecule has 240 valence electrons. The van der Waals surface area contributed by atoms with Crippen LogP contribution < -0.4 is 15.4 Å². The Morgan fingerprint density at radius 3 is 2.36 bits per heavy atom. The lowest BCUT2D eigenvalue weighted by Gasteiger charge is -2.42. The summed E-state index contributed by atoms with van der Waals surface area (Å²) in [7, 11) is 1.70. The van der Waals surface area contributed by atoms with Crippen molar-refractivity contribution < 1.29 is 14.3 Å². The number of benzene rings is 1. The van der Waals surface area contributed by atoms with E-state index in [1.807, 2.05) is 36.4 Å². The molecule has 3 aromatic rings. The van der Waals surface area contributed by atoms with Crippen LogP contribution >= 0.6 is 0 Å². The number of aromatic nitrogens is 2. The van der Waals surface area contributed by atoms with Crippen molar-refractivity contribution in [2.45, 2.75) is 84.8 Å². The van der Waals surface area contributed by atoms with Crippen LogP contribution in [0.25, 0.3) is 0 Å². The van der Waals surface area contributed by atoms with Crippen molar-refractivity contribution in [2.75, 3.05) is 38.2 Å². The Labute approximate surface area is 267 Å². The Balaban J connectivity index is 1.29. The normalized spacial score (nSPS) is 16.5. The van der Waals surface area contributed by atoms with E-state index >= 15 is 0 Å². The van der Waals surface area contributed by atoms with E-state index in [4.69, 9.17) is 10.5 Å². The molecule has 0 saturated carbocycles. The molecule has 4 heterocycles. The van der Waals surface area contributed by atoms with Gasteiger partial charge in [0.15, 0.2) is 0 Å². The zero-order valence-corrected chi connectivity index (χ0v) is 27.5. The van der Waals surface area contributed by atoms with Crippen LogP contribution in [0.4, 0.5) is 5.69 Å². The monoisotopic (exact) mass is 612 g/mol. The lowest BCUT2D eigenvalue weighted by Crippen LogP contribution is -2.47. The molecular formula is C36H48N6O3. The van der Waals surface area contributed by atoms with Crippen LogP contribution in [0.1, 0.15) is 87.8 Å². The summed E-state index contributed by atoms with van der Waals surface area (Å²) in [6.45, 7) is 12.4. The highest BCUT2D eigenvalue weighted by molar-refractivity contribution is 5.99. The van der Waals surface area contributed by atoms with Crippen molar-refractivity contribution >= 4 is 17.5 Å². The zero-order chi connectivity index (χ0) is 32.1. The number of pyridine rings is 2. The standard InChI is InChI=1S/C36H48N6O3/c1-24-14-17-38-22-28(24)23-42(29-9-11-31(45-5)12-10-29)30-15-20-40(21-16-30)25(2)8-13-32-26(3)33(35(37)43)27(4)39-34(32)36(44)41-18-6-7-19-41/h9-12,14,17,22,25,30H,6-8,13,15-16,18-21,23H2,1-5H3,(H2,37,43)/t25-/m1/s1. The first-order valence-electron chi connectivity index (χ1n) is 16.3. The van der Waals surface area contributed by atoms with Gasteiger partial charge in [0.25, 0.3) is 11.8 Å². The fraction of sp³-hybridized carbons (Fsp3) is 0.500. The second kappa shape index (κ2) is 14.4. The molecule has 2 aliphatic heterocycles. The number of aryl methyl sites for hydroxylation is 2. The average Bonchev–Trinajstić information content (AvgIpc) is 3.59. The van der Waals surface area contributed by atoms with Crippen LogP contribution in [0.3, 0.4) is 0 Å². The molecule has 0 unspecified atom stereocenters. The van der Waals surface area contributed by atoms with Gasteiger partial charge in [0.05, 0.1) is 18.4 Å². The number of nitrogens with zero attached hydrogens (tertiary/aromatic N) is 5. The molecule has 5 rings (SSSR count). The highest BCUT2D eigenvalue weighted by Gasteiger charge is 2.30. The quantitative estimate of drug-likeness (QED) is 0.316. The number of hydrogen-bond donors (Lipinski definition) is 1. The number of carbonyl (C=O) groups excluding carboxylic acids is 2. The molecule has 1 atom stereocenters. The van der Waals surface area contributed by atoms with Gasteiger partial charge in [-0.15, -0.1) is 0 Å². The van der Waals surface area contributed by atoms with E-state index in [1.54, 1.807) is 14.0 Å². The van der Waals surface area contributed by atoms with Crippen LogP contribution in [0, 0.1) is 20.8 Å². The molecule has 2 aromatic heterocycles. The molecule has 0 spiro atoms. The van der Waals surface area contributed by atoms with Gasteiger partial charge in [0, 0.05) is 62.9 Å². The van der Waals surface area contributed by atoms with E-state index in [9.17, 15) is 9.59 Å². The molecule has 45 heavy (non-hydrogen) atoms. The maximum Gasteiger partial charge on any atom is 0.272 e. The smallest absolute Gasteiger partial charge is 0.272 e. The Morgan fingerprint density at radius 2 is 1.73 bits per heavy atom. The molecule has 2 N–H and O–H groups in total. The number of amides is 2. The largest absolute Gasteiger partial charge is 0.497 e. The minimum absolute atomic E-state index is 0.0272. The number of rotatable bonds is 11. The third kappa shape index (κ3) is 7.30. The first-order valence-corrected chi connectivity index (χ1v) is 16.3. The van der Waals surface area contributed by atoms with E-state index in [0.717, 1.165) is 81.7 Å². The number of nitrogens with two attached hydrogens (primary N) is 1. The number of anilines is 1. The Bertz CT molecular complexity index is 1490. The predicted molar refractivity (Wildman–Crippen MR) is 178 cm³/mol. The first kappa shape index (κ1) is 32.4. The van der Waals surface area contributed by atoms with Gasteiger partial charge in [-0.3, -0.25) is 14.6 Å². The van der Waals surface area contributed by atoms with Crippen molar-refractivity contribution in [3.05, 3.63) is 81.9 Å².